The summed E-state index contributed by atoms with van der Waals surface area (Å²) in [5, 5.41) is 16.8. The molecule has 0 aliphatic carbocycles. The number of benzene rings is 1. The quantitative estimate of drug-likeness (QED) is 0.772. The van der Waals surface area contributed by atoms with E-state index in [1.807, 2.05) is 24.3 Å². The van der Waals surface area contributed by atoms with Crippen LogP contribution in [0.5, 0.6) is 0 Å². The van der Waals surface area contributed by atoms with E-state index in [1.54, 1.807) is 0 Å². The smallest absolute Gasteiger partial charge is 0.277 e. The number of hydrogen-bond acceptors (Lipinski definition) is 5. The van der Waals surface area contributed by atoms with Gasteiger partial charge < -0.3 is 4.42 Å². The van der Waals surface area contributed by atoms with Crippen molar-refractivity contribution in [3.05, 3.63) is 41.8 Å². The van der Waals surface area contributed by atoms with E-state index >= 15 is 0 Å². The third kappa shape index (κ3) is 3.34. The van der Waals surface area contributed by atoms with Gasteiger partial charge in [0.05, 0.1) is 11.8 Å². The highest BCUT2D eigenvalue weighted by Gasteiger charge is 2.12. The molecule has 0 saturated heterocycles. The van der Waals surface area contributed by atoms with Crippen LogP contribution >= 0.6 is 11.8 Å². The van der Waals surface area contributed by atoms with E-state index < -0.39 is 0 Å². The summed E-state index contributed by atoms with van der Waals surface area (Å²) in [6.45, 7) is 2.13. The van der Waals surface area contributed by atoms with Crippen molar-refractivity contribution in [3.8, 4) is 6.07 Å². The van der Waals surface area contributed by atoms with Crippen LogP contribution < -0.4 is 0 Å². The first-order chi connectivity index (χ1) is 8.79. The predicted molar refractivity (Wildman–Crippen MR) is 69.2 cm³/mol. The summed E-state index contributed by atoms with van der Waals surface area (Å²) in [6.07, 6.45) is 0.712. The second kappa shape index (κ2) is 6.22. The molecule has 0 aliphatic rings. The lowest BCUT2D eigenvalue weighted by atomic mass is 9.98. The van der Waals surface area contributed by atoms with E-state index in [-0.39, 0.29) is 0 Å². The number of rotatable bonds is 5. The average molecular weight is 259 g/mol. The van der Waals surface area contributed by atoms with Gasteiger partial charge >= 0.3 is 0 Å². The Kier molecular flexibility index (Phi) is 4.37. The van der Waals surface area contributed by atoms with E-state index in [2.05, 4.69) is 29.3 Å². The number of thioether (sulfide) groups is 1. The Morgan fingerprint density at radius 3 is 2.83 bits per heavy atom. The van der Waals surface area contributed by atoms with Crippen LogP contribution in [0.3, 0.4) is 0 Å². The van der Waals surface area contributed by atoms with Crippen molar-refractivity contribution >= 4 is 11.8 Å². The van der Waals surface area contributed by atoms with E-state index in [1.165, 1.54) is 17.3 Å². The molecule has 0 N–H and O–H groups in total. The van der Waals surface area contributed by atoms with Crippen molar-refractivity contribution in [2.75, 3.05) is 5.75 Å². The van der Waals surface area contributed by atoms with Gasteiger partial charge in [0.15, 0.2) is 0 Å². The summed E-state index contributed by atoms with van der Waals surface area (Å²) in [5.74, 6) is 1.28. The second-order valence-electron chi connectivity index (χ2n) is 3.92. The summed E-state index contributed by atoms with van der Waals surface area (Å²) >= 11 is 1.26. The second-order valence-corrected chi connectivity index (χ2v) is 4.85. The van der Waals surface area contributed by atoms with Crippen LogP contribution in [-0.4, -0.2) is 16.0 Å². The van der Waals surface area contributed by atoms with Crippen LogP contribution in [0.1, 0.15) is 24.3 Å². The Labute approximate surface area is 110 Å². The molecule has 0 fully saturated rings. The molecule has 5 heteroatoms. The molecular formula is C13H13N3OS. The molecule has 18 heavy (non-hydrogen) atoms. The Morgan fingerprint density at radius 1 is 1.33 bits per heavy atom. The minimum Gasteiger partial charge on any atom is -0.416 e. The largest absolute Gasteiger partial charge is 0.416 e. The van der Waals surface area contributed by atoms with Gasteiger partial charge in [-0.25, -0.2) is 0 Å². The highest BCUT2D eigenvalue weighted by Crippen LogP contribution is 2.21. The number of aromatic nitrogens is 2. The molecule has 2 aromatic rings. The lowest BCUT2D eigenvalue weighted by Crippen LogP contribution is -1.98. The van der Waals surface area contributed by atoms with Crippen molar-refractivity contribution < 1.29 is 4.42 Å². The molecule has 1 aromatic carbocycles. The van der Waals surface area contributed by atoms with Gasteiger partial charge in [-0.15, -0.1) is 10.2 Å². The average Bonchev–Trinajstić information content (AvgIpc) is 2.85. The van der Waals surface area contributed by atoms with Crippen LogP contribution in [0, 0.1) is 11.3 Å². The normalized spacial score (nSPS) is 12.0. The Morgan fingerprint density at radius 2 is 2.11 bits per heavy atom. The van der Waals surface area contributed by atoms with Crippen molar-refractivity contribution in [1.82, 2.24) is 10.2 Å². The monoisotopic (exact) mass is 259 g/mol. The van der Waals surface area contributed by atoms with Gasteiger partial charge in [-0.3, -0.25) is 0 Å². The third-order valence-corrected chi connectivity index (χ3v) is 3.24. The zero-order valence-corrected chi connectivity index (χ0v) is 10.9. The molecule has 0 bridgehead atoms. The van der Waals surface area contributed by atoms with Gasteiger partial charge in [-0.2, -0.15) is 5.26 Å². The van der Waals surface area contributed by atoms with E-state index in [0.717, 1.165) is 0 Å². The summed E-state index contributed by atoms with van der Waals surface area (Å²) in [5.41, 5.74) is 1.25. The number of nitrogens with zero attached hydrogens (tertiary/aromatic N) is 3. The minimum absolute atomic E-state index is 0.329. The van der Waals surface area contributed by atoms with E-state index in [0.29, 0.717) is 29.2 Å². The van der Waals surface area contributed by atoms with E-state index in [4.69, 9.17) is 9.68 Å². The summed E-state index contributed by atoms with van der Waals surface area (Å²) in [4.78, 5) is 0. The SMILES string of the molecule is C[C@@H](Cc1nnc(SCC#N)o1)c1ccccc1. The van der Waals surface area contributed by atoms with Gasteiger partial charge in [0.2, 0.25) is 5.89 Å². The molecule has 0 aliphatic heterocycles. The van der Waals surface area contributed by atoms with Crippen LogP contribution in [0.15, 0.2) is 40.0 Å². The molecule has 1 aromatic heterocycles. The van der Waals surface area contributed by atoms with Crippen molar-refractivity contribution in [2.24, 2.45) is 0 Å². The molecule has 0 radical (unpaired) electrons. The van der Waals surface area contributed by atoms with Gasteiger partial charge in [0.25, 0.3) is 5.22 Å². The molecule has 92 valence electrons. The zero-order valence-electron chi connectivity index (χ0n) is 10.0. The molecule has 1 heterocycles. The predicted octanol–water partition coefficient (Wildman–Crippen LogP) is 3.03. The van der Waals surface area contributed by atoms with Crippen LogP contribution in [-0.2, 0) is 6.42 Å². The van der Waals surface area contributed by atoms with Crippen LogP contribution in [0.25, 0.3) is 0 Å². The van der Waals surface area contributed by atoms with E-state index in [9.17, 15) is 0 Å². The zero-order chi connectivity index (χ0) is 12.8. The molecule has 0 spiro atoms. The third-order valence-electron chi connectivity index (χ3n) is 2.56. The van der Waals surface area contributed by atoms with Crippen molar-refractivity contribution in [1.29, 1.82) is 5.26 Å². The number of hydrogen-bond donors (Lipinski definition) is 0. The molecule has 0 unspecified atom stereocenters. The lowest BCUT2D eigenvalue weighted by Gasteiger charge is -2.08. The topological polar surface area (TPSA) is 62.7 Å². The first-order valence-electron chi connectivity index (χ1n) is 5.66. The summed E-state index contributed by atoms with van der Waals surface area (Å²) in [7, 11) is 0. The molecule has 1 atom stereocenters. The summed E-state index contributed by atoms with van der Waals surface area (Å²) in [6, 6.07) is 12.2. The Hall–Kier alpha value is -1.80. The van der Waals surface area contributed by atoms with Crippen LogP contribution in [0.4, 0.5) is 0 Å². The minimum atomic E-state index is 0.329. The van der Waals surface area contributed by atoms with Gasteiger partial charge in [0, 0.05) is 6.42 Å². The maximum atomic E-state index is 8.47. The highest BCUT2D eigenvalue weighted by atomic mass is 32.2. The maximum absolute atomic E-state index is 8.47. The van der Waals surface area contributed by atoms with Crippen LogP contribution in [0.2, 0.25) is 0 Å². The fourth-order valence-electron chi connectivity index (χ4n) is 1.63. The molecular weight excluding hydrogens is 246 g/mol. The fourth-order valence-corrected chi connectivity index (χ4v) is 2.08. The summed E-state index contributed by atoms with van der Waals surface area (Å²) < 4.78 is 5.47. The lowest BCUT2D eigenvalue weighted by molar-refractivity contribution is 0.405. The fraction of sp³-hybridized carbons (Fsp3) is 0.308. The number of nitriles is 1. The Balaban J connectivity index is 1.97. The first kappa shape index (κ1) is 12.7. The van der Waals surface area contributed by atoms with Crippen molar-refractivity contribution in [3.63, 3.8) is 0 Å². The standard InChI is InChI=1S/C13H13N3OS/c1-10(11-5-3-2-4-6-11)9-12-15-16-13(17-12)18-8-7-14/h2-6,10H,8-9H2,1H3/t10-/m0/s1. The molecule has 0 saturated carbocycles. The van der Waals surface area contributed by atoms with Crippen molar-refractivity contribution in [2.45, 2.75) is 24.5 Å². The highest BCUT2D eigenvalue weighted by molar-refractivity contribution is 7.99. The maximum Gasteiger partial charge on any atom is 0.277 e. The first-order valence-corrected chi connectivity index (χ1v) is 6.65. The Bertz CT molecular complexity index is 533. The van der Waals surface area contributed by atoms with Gasteiger partial charge in [0.1, 0.15) is 0 Å². The van der Waals surface area contributed by atoms with Gasteiger partial charge in [-0.1, -0.05) is 49.0 Å². The molecule has 4 nitrogen and oxygen atoms in total. The molecule has 2 rings (SSSR count). The van der Waals surface area contributed by atoms with Gasteiger partial charge in [-0.05, 0) is 11.5 Å². The molecule has 0 amide bonds.